The summed E-state index contributed by atoms with van der Waals surface area (Å²) < 4.78 is 64.2. The molecule has 0 aliphatic heterocycles. The first-order valence-electron chi connectivity index (χ1n) is 5.46. The number of anilines is 3. The normalized spacial score (nSPS) is 11.4. The summed E-state index contributed by atoms with van der Waals surface area (Å²) in [5.74, 6) is -1.55. The van der Waals surface area contributed by atoms with Crippen LogP contribution in [0.15, 0.2) is 36.4 Å². The van der Waals surface area contributed by atoms with Gasteiger partial charge in [-0.2, -0.15) is 13.2 Å². The lowest BCUT2D eigenvalue weighted by molar-refractivity contribution is -0.137. The van der Waals surface area contributed by atoms with E-state index in [0.717, 1.165) is 12.1 Å². The Morgan fingerprint density at radius 2 is 1.60 bits per heavy atom. The molecule has 0 aliphatic rings. The molecule has 2 aromatic rings. The SMILES string of the molecule is Nc1ccc(F)cc1Nc1cc(C(F)(F)F)ccc1F. The molecule has 0 radical (unpaired) electrons. The van der Waals surface area contributed by atoms with Crippen LogP contribution < -0.4 is 11.1 Å². The summed E-state index contributed by atoms with van der Waals surface area (Å²) in [6.07, 6.45) is -4.60. The van der Waals surface area contributed by atoms with Crippen LogP contribution in [0.1, 0.15) is 5.56 Å². The van der Waals surface area contributed by atoms with Gasteiger partial charge in [-0.3, -0.25) is 0 Å². The minimum Gasteiger partial charge on any atom is -0.397 e. The molecule has 0 unspecified atom stereocenters. The molecule has 2 rings (SSSR count). The van der Waals surface area contributed by atoms with Gasteiger partial charge in [0, 0.05) is 0 Å². The van der Waals surface area contributed by atoms with Crippen molar-refractivity contribution in [2.24, 2.45) is 0 Å². The second kappa shape index (κ2) is 4.99. The molecule has 0 saturated heterocycles. The van der Waals surface area contributed by atoms with Crippen molar-refractivity contribution in [3.63, 3.8) is 0 Å². The average molecular weight is 288 g/mol. The average Bonchev–Trinajstić information content (AvgIpc) is 2.35. The van der Waals surface area contributed by atoms with Crippen molar-refractivity contribution in [1.82, 2.24) is 0 Å². The quantitative estimate of drug-likeness (QED) is 0.638. The standard InChI is InChI=1S/C13H9F5N2/c14-8-2-4-10(19)12(6-8)20-11-5-7(13(16,17)18)1-3-9(11)15/h1-6,20H,19H2. The van der Waals surface area contributed by atoms with Gasteiger partial charge >= 0.3 is 6.18 Å². The summed E-state index contributed by atoms with van der Waals surface area (Å²) >= 11 is 0. The van der Waals surface area contributed by atoms with Crippen molar-refractivity contribution in [1.29, 1.82) is 0 Å². The fraction of sp³-hybridized carbons (Fsp3) is 0.0769. The fourth-order valence-electron chi connectivity index (χ4n) is 1.58. The Bertz CT molecular complexity index is 637. The van der Waals surface area contributed by atoms with E-state index in [0.29, 0.717) is 18.2 Å². The van der Waals surface area contributed by atoms with Crippen molar-refractivity contribution in [3.05, 3.63) is 53.6 Å². The van der Waals surface area contributed by atoms with Crippen LogP contribution in [0.2, 0.25) is 0 Å². The maximum Gasteiger partial charge on any atom is 0.416 e. The molecule has 20 heavy (non-hydrogen) atoms. The molecule has 0 aromatic heterocycles. The number of nitrogens with one attached hydrogen (secondary N) is 1. The Labute approximate surface area is 111 Å². The van der Waals surface area contributed by atoms with Gasteiger partial charge in [0.25, 0.3) is 0 Å². The van der Waals surface area contributed by atoms with Gasteiger partial charge in [-0.25, -0.2) is 8.78 Å². The molecule has 0 amide bonds. The second-order valence-electron chi connectivity index (χ2n) is 4.05. The van der Waals surface area contributed by atoms with E-state index in [9.17, 15) is 22.0 Å². The van der Waals surface area contributed by atoms with Crippen molar-refractivity contribution < 1.29 is 22.0 Å². The van der Waals surface area contributed by atoms with Gasteiger partial charge in [0.05, 0.1) is 22.6 Å². The maximum atomic E-state index is 13.5. The molecule has 2 aromatic carbocycles. The van der Waals surface area contributed by atoms with Crippen molar-refractivity contribution in [2.75, 3.05) is 11.1 Å². The first-order chi connectivity index (χ1) is 9.27. The molecular weight excluding hydrogens is 279 g/mol. The smallest absolute Gasteiger partial charge is 0.397 e. The summed E-state index contributed by atoms with van der Waals surface area (Å²) in [6.45, 7) is 0. The Morgan fingerprint density at radius 1 is 0.900 bits per heavy atom. The lowest BCUT2D eigenvalue weighted by atomic mass is 10.1. The number of halogens is 5. The molecule has 0 atom stereocenters. The third-order valence-corrected chi connectivity index (χ3v) is 2.58. The maximum absolute atomic E-state index is 13.5. The van der Waals surface area contributed by atoms with E-state index in [2.05, 4.69) is 5.32 Å². The lowest BCUT2D eigenvalue weighted by Crippen LogP contribution is -2.07. The van der Waals surface area contributed by atoms with Crippen LogP contribution in [0.5, 0.6) is 0 Å². The monoisotopic (exact) mass is 288 g/mol. The molecule has 0 aliphatic carbocycles. The number of alkyl halides is 3. The molecule has 0 bridgehead atoms. The molecule has 106 valence electrons. The highest BCUT2D eigenvalue weighted by Crippen LogP contribution is 2.33. The van der Waals surface area contributed by atoms with Crippen LogP contribution in [-0.2, 0) is 6.18 Å². The second-order valence-corrected chi connectivity index (χ2v) is 4.05. The van der Waals surface area contributed by atoms with Crippen LogP contribution in [0.25, 0.3) is 0 Å². The highest BCUT2D eigenvalue weighted by molar-refractivity contribution is 5.73. The molecular formula is C13H9F5N2. The van der Waals surface area contributed by atoms with Gasteiger partial charge in [-0.15, -0.1) is 0 Å². The van der Waals surface area contributed by atoms with E-state index < -0.39 is 29.1 Å². The number of benzene rings is 2. The summed E-state index contributed by atoms with van der Waals surface area (Å²) in [5, 5.41) is 2.35. The predicted molar refractivity (Wildman–Crippen MR) is 65.5 cm³/mol. The van der Waals surface area contributed by atoms with Crippen LogP contribution in [-0.4, -0.2) is 0 Å². The molecule has 0 heterocycles. The zero-order valence-corrected chi connectivity index (χ0v) is 9.93. The van der Waals surface area contributed by atoms with Crippen LogP contribution in [0.4, 0.5) is 39.0 Å². The van der Waals surface area contributed by atoms with E-state index in [1.54, 1.807) is 0 Å². The minimum absolute atomic E-state index is 0.0109. The van der Waals surface area contributed by atoms with Crippen LogP contribution in [0, 0.1) is 11.6 Å². The highest BCUT2D eigenvalue weighted by atomic mass is 19.4. The van der Waals surface area contributed by atoms with Gasteiger partial charge in [0.2, 0.25) is 0 Å². The summed E-state index contributed by atoms with van der Waals surface area (Å²) in [7, 11) is 0. The van der Waals surface area contributed by atoms with Crippen molar-refractivity contribution >= 4 is 17.1 Å². The minimum atomic E-state index is -4.60. The van der Waals surface area contributed by atoms with Crippen molar-refractivity contribution in [3.8, 4) is 0 Å². The Kier molecular flexibility index (Phi) is 3.52. The van der Waals surface area contributed by atoms with E-state index >= 15 is 0 Å². The molecule has 0 spiro atoms. The van der Waals surface area contributed by atoms with Crippen molar-refractivity contribution in [2.45, 2.75) is 6.18 Å². The molecule has 3 N–H and O–H groups in total. The molecule has 0 fully saturated rings. The highest BCUT2D eigenvalue weighted by Gasteiger charge is 2.31. The zero-order valence-electron chi connectivity index (χ0n) is 9.93. The zero-order chi connectivity index (χ0) is 14.9. The number of nitrogen functional groups attached to an aromatic ring is 1. The van der Waals surface area contributed by atoms with E-state index in [1.165, 1.54) is 6.07 Å². The Balaban J connectivity index is 2.40. The fourth-order valence-corrected chi connectivity index (χ4v) is 1.58. The summed E-state index contributed by atoms with van der Waals surface area (Å²) in [5.41, 5.74) is 4.16. The van der Waals surface area contributed by atoms with Gasteiger partial charge in [-0.05, 0) is 36.4 Å². The third kappa shape index (κ3) is 2.98. The van der Waals surface area contributed by atoms with Gasteiger partial charge in [-0.1, -0.05) is 0 Å². The van der Waals surface area contributed by atoms with Crippen LogP contribution >= 0.6 is 0 Å². The molecule has 0 saturated carbocycles. The predicted octanol–water partition coefficient (Wildman–Crippen LogP) is 4.31. The lowest BCUT2D eigenvalue weighted by Gasteiger charge is -2.13. The largest absolute Gasteiger partial charge is 0.416 e. The Hall–Kier alpha value is -2.31. The number of hydrogen-bond donors (Lipinski definition) is 2. The number of nitrogens with two attached hydrogens (primary N) is 1. The van der Waals surface area contributed by atoms with E-state index in [4.69, 9.17) is 5.73 Å². The van der Waals surface area contributed by atoms with Gasteiger partial charge in [0.15, 0.2) is 0 Å². The number of hydrogen-bond acceptors (Lipinski definition) is 2. The topological polar surface area (TPSA) is 38.0 Å². The first-order valence-corrected chi connectivity index (χ1v) is 5.46. The molecule has 2 nitrogen and oxygen atoms in total. The summed E-state index contributed by atoms with van der Waals surface area (Å²) in [6, 6.07) is 5.18. The van der Waals surface area contributed by atoms with Crippen LogP contribution in [0.3, 0.4) is 0 Å². The third-order valence-electron chi connectivity index (χ3n) is 2.58. The van der Waals surface area contributed by atoms with Gasteiger partial charge < -0.3 is 11.1 Å². The Morgan fingerprint density at radius 3 is 2.25 bits per heavy atom. The van der Waals surface area contributed by atoms with Gasteiger partial charge in [0.1, 0.15) is 11.6 Å². The summed E-state index contributed by atoms with van der Waals surface area (Å²) in [4.78, 5) is 0. The van der Waals surface area contributed by atoms with E-state index in [-0.39, 0.29) is 11.4 Å². The van der Waals surface area contributed by atoms with E-state index in [1.807, 2.05) is 0 Å². The molecule has 7 heteroatoms. The first kappa shape index (κ1) is 14.1. The number of rotatable bonds is 2.